The average Bonchev–Trinajstić information content (AvgIpc) is 2.85. The van der Waals surface area contributed by atoms with E-state index in [0.717, 1.165) is 51.4 Å². The van der Waals surface area contributed by atoms with Crippen LogP contribution in [0.3, 0.4) is 0 Å². The smallest absolute Gasteiger partial charge is 0.165 e. The van der Waals surface area contributed by atoms with E-state index < -0.39 is 17.5 Å². The second kappa shape index (κ2) is 12.4. The van der Waals surface area contributed by atoms with E-state index in [1.807, 2.05) is 6.08 Å². The number of rotatable bonds is 9. The molecule has 0 bridgehead atoms. The lowest BCUT2D eigenvalue weighted by atomic mass is 9.77. The molecule has 2 fully saturated rings. The van der Waals surface area contributed by atoms with Crippen molar-refractivity contribution in [3.63, 3.8) is 0 Å². The molecule has 0 aromatic heterocycles. The van der Waals surface area contributed by atoms with E-state index in [-0.39, 0.29) is 23.7 Å². The molecule has 0 radical (unpaired) electrons. The summed E-state index contributed by atoms with van der Waals surface area (Å²) in [5.74, 6) is -1.48. The third-order valence-electron chi connectivity index (χ3n) is 7.28. The van der Waals surface area contributed by atoms with Gasteiger partial charge in [-0.2, -0.15) is 0 Å². The summed E-state index contributed by atoms with van der Waals surface area (Å²) in [5, 5.41) is 0. The number of hydrogen-bond donors (Lipinski definition) is 0. The van der Waals surface area contributed by atoms with Crippen molar-refractivity contribution in [1.29, 1.82) is 0 Å². The van der Waals surface area contributed by atoms with Crippen molar-refractivity contribution < 1.29 is 22.6 Å². The van der Waals surface area contributed by atoms with E-state index in [9.17, 15) is 8.78 Å². The third-order valence-corrected chi connectivity index (χ3v) is 7.28. The van der Waals surface area contributed by atoms with Crippen molar-refractivity contribution in [3.05, 3.63) is 83.4 Å². The molecular formula is C29H37F3O2. The van der Waals surface area contributed by atoms with Crippen LogP contribution in [0.25, 0.3) is 0 Å². The molecule has 0 saturated heterocycles. The molecule has 2 aliphatic carbocycles. The quantitative estimate of drug-likeness (QED) is 0.264. The molecule has 186 valence electrons. The van der Waals surface area contributed by atoms with E-state index in [4.69, 9.17) is 9.47 Å². The number of allylic oxidation sites excluding steroid dienone is 5. The number of benzene rings is 1. The Kier molecular flexibility index (Phi) is 9.63. The van der Waals surface area contributed by atoms with Crippen molar-refractivity contribution in [3.8, 4) is 0 Å². The minimum atomic E-state index is -0.672. The fourth-order valence-electron chi connectivity index (χ4n) is 5.24. The van der Waals surface area contributed by atoms with Crippen molar-refractivity contribution in [2.45, 2.75) is 76.2 Å². The van der Waals surface area contributed by atoms with Gasteiger partial charge in [0.1, 0.15) is 5.76 Å². The minimum Gasteiger partial charge on any atom is -0.491 e. The summed E-state index contributed by atoms with van der Waals surface area (Å²) in [4.78, 5) is 0. The van der Waals surface area contributed by atoms with Gasteiger partial charge >= 0.3 is 0 Å². The van der Waals surface area contributed by atoms with Gasteiger partial charge in [-0.3, -0.25) is 0 Å². The molecule has 0 atom stereocenters. The zero-order valence-corrected chi connectivity index (χ0v) is 20.4. The Morgan fingerprint density at radius 1 is 0.941 bits per heavy atom. The number of ether oxygens (including phenoxy) is 2. The van der Waals surface area contributed by atoms with Crippen LogP contribution in [0, 0.1) is 17.6 Å². The Bertz CT molecular complexity index is 918. The summed E-state index contributed by atoms with van der Waals surface area (Å²) < 4.78 is 54.5. The Morgan fingerprint density at radius 2 is 1.47 bits per heavy atom. The van der Waals surface area contributed by atoms with Gasteiger partial charge in [0.15, 0.2) is 17.5 Å². The maximum absolute atomic E-state index is 15.1. The summed E-state index contributed by atoms with van der Waals surface area (Å²) in [5.41, 5.74) is 1.54. The van der Waals surface area contributed by atoms with Crippen molar-refractivity contribution in [2.75, 3.05) is 13.7 Å². The fraction of sp³-hybridized carbons (Fsp3) is 0.517. The Balaban J connectivity index is 1.56. The summed E-state index contributed by atoms with van der Waals surface area (Å²) in [6.45, 7) is 9.53. The van der Waals surface area contributed by atoms with E-state index in [2.05, 4.69) is 13.2 Å². The van der Waals surface area contributed by atoms with Crippen LogP contribution in [-0.2, 0) is 9.47 Å². The first-order valence-electron chi connectivity index (χ1n) is 12.4. The van der Waals surface area contributed by atoms with Crippen LogP contribution >= 0.6 is 0 Å². The molecule has 0 amide bonds. The van der Waals surface area contributed by atoms with E-state index in [1.54, 1.807) is 32.2 Å². The third kappa shape index (κ3) is 6.65. The molecule has 2 nitrogen and oxygen atoms in total. The van der Waals surface area contributed by atoms with Crippen molar-refractivity contribution in [2.24, 2.45) is 5.92 Å². The molecule has 0 aliphatic heterocycles. The highest BCUT2D eigenvalue weighted by Gasteiger charge is 2.29. The minimum absolute atomic E-state index is 0.000457. The highest BCUT2D eigenvalue weighted by molar-refractivity contribution is 5.34. The zero-order valence-electron chi connectivity index (χ0n) is 20.4. The maximum atomic E-state index is 15.1. The standard InChI is InChI=1S/C29H37F3O2/c1-5-34-20(3)27(30)18-19(2)6-7-21-8-10-22(11-9-21)25-16-17-26(29(32)28(25)31)23-12-14-24(33-4)15-13-23/h6-7,16-18,21-24H,2-3,5,8-15H2,1,4H3/b7-6+,27-18+. The van der Waals surface area contributed by atoms with Gasteiger partial charge in [0.05, 0.1) is 12.7 Å². The van der Waals surface area contributed by atoms with E-state index in [1.165, 1.54) is 6.08 Å². The van der Waals surface area contributed by atoms with E-state index in [0.29, 0.717) is 29.2 Å². The monoisotopic (exact) mass is 474 g/mol. The molecule has 0 spiro atoms. The molecule has 0 N–H and O–H groups in total. The lowest BCUT2D eigenvalue weighted by molar-refractivity contribution is 0.0655. The second-order valence-corrected chi connectivity index (χ2v) is 9.48. The molecule has 2 aliphatic rings. The van der Waals surface area contributed by atoms with Gasteiger partial charge in [0, 0.05) is 7.11 Å². The highest BCUT2D eigenvalue weighted by Crippen LogP contribution is 2.41. The molecular weight excluding hydrogens is 437 g/mol. The molecule has 34 heavy (non-hydrogen) atoms. The van der Waals surface area contributed by atoms with Gasteiger partial charge in [-0.25, -0.2) is 13.2 Å². The van der Waals surface area contributed by atoms with Gasteiger partial charge in [-0.15, -0.1) is 0 Å². The Hall–Kier alpha value is -2.27. The van der Waals surface area contributed by atoms with E-state index >= 15 is 4.39 Å². The first kappa shape index (κ1) is 26.3. The second-order valence-electron chi connectivity index (χ2n) is 9.48. The first-order chi connectivity index (χ1) is 16.3. The number of hydrogen-bond acceptors (Lipinski definition) is 2. The van der Waals surface area contributed by atoms with Crippen LogP contribution in [0.1, 0.15) is 81.3 Å². The molecule has 3 rings (SSSR count). The summed E-state index contributed by atoms with van der Waals surface area (Å²) in [7, 11) is 1.71. The molecule has 1 aromatic carbocycles. The van der Waals surface area contributed by atoms with Crippen molar-refractivity contribution >= 4 is 0 Å². The molecule has 2 saturated carbocycles. The topological polar surface area (TPSA) is 18.5 Å². The van der Waals surface area contributed by atoms with Crippen LogP contribution in [0.15, 0.2) is 60.7 Å². The number of methoxy groups -OCH3 is 1. The molecule has 0 unspecified atom stereocenters. The zero-order chi connectivity index (χ0) is 24.7. The van der Waals surface area contributed by atoms with Crippen LogP contribution in [0.2, 0.25) is 0 Å². The SMILES string of the molecule is C=C(/C=C/C1CCC(c2ccc(C3CCC(OC)CC3)c(F)c2F)CC1)/C=C(/F)C(=C)OCC. The van der Waals surface area contributed by atoms with Crippen LogP contribution < -0.4 is 0 Å². The van der Waals surface area contributed by atoms with Crippen LogP contribution in [0.5, 0.6) is 0 Å². The Labute approximate surface area is 202 Å². The Morgan fingerprint density at radius 3 is 1.97 bits per heavy atom. The molecule has 0 heterocycles. The lowest BCUT2D eigenvalue weighted by Gasteiger charge is -2.30. The van der Waals surface area contributed by atoms with Gasteiger partial charge in [0.2, 0.25) is 0 Å². The van der Waals surface area contributed by atoms with Gasteiger partial charge in [-0.05, 0) is 98.8 Å². The predicted octanol–water partition coefficient (Wildman–Crippen LogP) is 8.43. The molecule has 1 aromatic rings. The van der Waals surface area contributed by atoms with Crippen LogP contribution in [0.4, 0.5) is 13.2 Å². The largest absolute Gasteiger partial charge is 0.491 e. The van der Waals surface area contributed by atoms with Gasteiger partial charge in [-0.1, -0.05) is 37.4 Å². The summed E-state index contributed by atoms with van der Waals surface area (Å²) in [6.07, 6.45) is 12.1. The van der Waals surface area contributed by atoms with Gasteiger partial charge in [0.25, 0.3) is 0 Å². The van der Waals surface area contributed by atoms with Gasteiger partial charge < -0.3 is 9.47 Å². The normalized spacial score (nSPS) is 26.0. The number of halogens is 3. The molecule has 5 heteroatoms. The summed E-state index contributed by atoms with van der Waals surface area (Å²) >= 11 is 0. The maximum Gasteiger partial charge on any atom is 0.165 e. The fourth-order valence-corrected chi connectivity index (χ4v) is 5.24. The average molecular weight is 475 g/mol. The summed E-state index contributed by atoms with van der Waals surface area (Å²) in [6, 6.07) is 3.61. The first-order valence-corrected chi connectivity index (χ1v) is 12.4. The highest BCUT2D eigenvalue weighted by atomic mass is 19.2. The van der Waals surface area contributed by atoms with Crippen molar-refractivity contribution in [1.82, 2.24) is 0 Å². The van der Waals surface area contributed by atoms with Crippen LogP contribution in [-0.4, -0.2) is 19.8 Å². The lowest BCUT2D eigenvalue weighted by Crippen LogP contribution is -2.20. The predicted molar refractivity (Wildman–Crippen MR) is 131 cm³/mol.